The lowest BCUT2D eigenvalue weighted by atomic mass is 10.1. The lowest BCUT2D eigenvalue weighted by molar-refractivity contribution is -0.129. The van der Waals surface area contributed by atoms with Gasteiger partial charge in [0.15, 0.2) is 0 Å². The first-order valence-corrected chi connectivity index (χ1v) is 9.04. The van der Waals surface area contributed by atoms with E-state index in [0.29, 0.717) is 11.3 Å². The Morgan fingerprint density at radius 1 is 1.22 bits per heavy atom. The fraction of sp³-hybridized carbons (Fsp3) is 0.333. The van der Waals surface area contributed by atoms with Crippen molar-refractivity contribution in [3.63, 3.8) is 0 Å². The Hall–Kier alpha value is -2.73. The average Bonchev–Trinajstić information content (AvgIpc) is 3.09. The van der Waals surface area contributed by atoms with Gasteiger partial charge in [-0.2, -0.15) is 0 Å². The molecule has 5 nitrogen and oxygen atoms in total. The van der Waals surface area contributed by atoms with Gasteiger partial charge in [0.2, 0.25) is 5.91 Å². The van der Waals surface area contributed by atoms with E-state index in [4.69, 9.17) is 0 Å². The SMILES string of the molecule is CC(=O)N(C)[C@H]1CCN(Cc2cccc(C(=O)Nc3cccc(F)c3)c2)C1. The molecule has 2 aromatic carbocycles. The zero-order valence-corrected chi connectivity index (χ0v) is 15.6. The maximum absolute atomic E-state index is 13.3. The number of benzene rings is 2. The van der Waals surface area contributed by atoms with Crippen LogP contribution in [0.2, 0.25) is 0 Å². The molecular formula is C21H24FN3O2. The van der Waals surface area contributed by atoms with Crippen molar-refractivity contribution in [3.8, 4) is 0 Å². The van der Waals surface area contributed by atoms with Crippen LogP contribution < -0.4 is 5.32 Å². The van der Waals surface area contributed by atoms with Crippen molar-refractivity contribution in [2.45, 2.75) is 25.9 Å². The van der Waals surface area contributed by atoms with Gasteiger partial charge in [0.1, 0.15) is 5.82 Å². The second-order valence-corrected chi connectivity index (χ2v) is 6.97. The highest BCUT2D eigenvalue weighted by Crippen LogP contribution is 2.18. The quantitative estimate of drug-likeness (QED) is 0.881. The molecular weight excluding hydrogens is 345 g/mol. The monoisotopic (exact) mass is 369 g/mol. The number of likely N-dealkylation sites (N-methyl/N-ethyl adjacent to an activating group) is 1. The Bertz CT molecular complexity index is 840. The van der Waals surface area contributed by atoms with Crippen molar-refractivity contribution < 1.29 is 14.0 Å². The van der Waals surface area contributed by atoms with Crippen molar-refractivity contribution in [2.75, 3.05) is 25.5 Å². The van der Waals surface area contributed by atoms with Crippen molar-refractivity contribution >= 4 is 17.5 Å². The number of halogens is 1. The molecule has 1 aliphatic heterocycles. The number of anilines is 1. The minimum atomic E-state index is -0.388. The molecule has 142 valence electrons. The number of nitrogens with one attached hydrogen (secondary N) is 1. The zero-order valence-electron chi connectivity index (χ0n) is 15.6. The molecule has 0 radical (unpaired) electrons. The fourth-order valence-electron chi connectivity index (χ4n) is 3.37. The smallest absolute Gasteiger partial charge is 0.255 e. The van der Waals surface area contributed by atoms with Crippen LogP contribution in [0.25, 0.3) is 0 Å². The highest BCUT2D eigenvalue weighted by molar-refractivity contribution is 6.04. The summed E-state index contributed by atoms with van der Waals surface area (Å²) < 4.78 is 13.3. The molecule has 0 aliphatic carbocycles. The number of rotatable bonds is 5. The number of carbonyl (C=O) groups excluding carboxylic acids is 2. The van der Waals surface area contributed by atoms with E-state index >= 15 is 0 Å². The van der Waals surface area contributed by atoms with E-state index in [-0.39, 0.29) is 23.7 Å². The summed E-state index contributed by atoms with van der Waals surface area (Å²) in [6.45, 7) is 4.06. The first-order valence-electron chi connectivity index (χ1n) is 9.04. The molecule has 2 amide bonds. The average molecular weight is 369 g/mol. The highest BCUT2D eigenvalue weighted by Gasteiger charge is 2.26. The van der Waals surface area contributed by atoms with Gasteiger partial charge in [0.25, 0.3) is 5.91 Å². The van der Waals surface area contributed by atoms with Gasteiger partial charge < -0.3 is 10.2 Å². The van der Waals surface area contributed by atoms with Gasteiger partial charge in [0.05, 0.1) is 0 Å². The summed E-state index contributed by atoms with van der Waals surface area (Å²) in [4.78, 5) is 28.0. The van der Waals surface area contributed by atoms with Crippen LogP contribution in [0.3, 0.4) is 0 Å². The first-order chi connectivity index (χ1) is 12.9. The summed E-state index contributed by atoms with van der Waals surface area (Å²) in [5.74, 6) is -0.573. The third kappa shape index (κ3) is 4.92. The second kappa shape index (κ2) is 8.31. The van der Waals surface area contributed by atoms with E-state index in [9.17, 15) is 14.0 Å². The lowest BCUT2D eigenvalue weighted by Crippen LogP contribution is -2.37. The van der Waals surface area contributed by atoms with Crippen LogP contribution in [0.4, 0.5) is 10.1 Å². The predicted octanol–water partition coefficient (Wildman–Crippen LogP) is 3.13. The Balaban J connectivity index is 1.62. The van der Waals surface area contributed by atoms with Gasteiger partial charge in [-0.25, -0.2) is 4.39 Å². The van der Waals surface area contributed by atoms with E-state index in [0.717, 1.165) is 31.6 Å². The lowest BCUT2D eigenvalue weighted by Gasteiger charge is -2.23. The first kappa shape index (κ1) is 19.0. The number of nitrogens with zero attached hydrogens (tertiary/aromatic N) is 2. The normalized spacial score (nSPS) is 16.9. The summed E-state index contributed by atoms with van der Waals surface area (Å²) in [5.41, 5.74) is 2.00. The second-order valence-electron chi connectivity index (χ2n) is 6.97. The van der Waals surface area contributed by atoms with Crippen molar-refractivity contribution in [3.05, 3.63) is 65.5 Å². The Morgan fingerprint density at radius 2 is 2.00 bits per heavy atom. The minimum Gasteiger partial charge on any atom is -0.342 e. The standard InChI is InChI=1S/C21H24FN3O2/c1-15(26)24(2)20-9-10-25(14-20)13-16-5-3-6-17(11-16)21(27)23-19-8-4-7-18(22)12-19/h3-8,11-12,20H,9-10,13-14H2,1-2H3,(H,23,27)/t20-/m0/s1. The number of amides is 2. The fourth-order valence-corrected chi connectivity index (χ4v) is 3.37. The van der Waals surface area contributed by atoms with Gasteiger partial charge in [-0.05, 0) is 42.3 Å². The van der Waals surface area contributed by atoms with Crippen LogP contribution >= 0.6 is 0 Å². The molecule has 0 spiro atoms. The molecule has 1 saturated heterocycles. The molecule has 1 N–H and O–H groups in total. The van der Waals surface area contributed by atoms with Crippen LogP contribution in [0, 0.1) is 5.82 Å². The third-order valence-electron chi connectivity index (χ3n) is 4.97. The number of hydrogen-bond donors (Lipinski definition) is 1. The number of carbonyl (C=O) groups is 2. The molecule has 1 atom stereocenters. The van der Waals surface area contributed by atoms with Crippen molar-refractivity contribution in [1.29, 1.82) is 0 Å². The largest absolute Gasteiger partial charge is 0.342 e. The summed E-state index contributed by atoms with van der Waals surface area (Å²) in [5, 5.41) is 2.72. The molecule has 0 bridgehead atoms. The minimum absolute atomic E-state index is 0.0814. The Kier molecular flexibility index (Phi) is 5.86. The topological polar surface area (TPSA) is 52.7 Å². The van der Waals surface area contributed by atoms with Crippen molar-refractivity contribution in [2.24, 2.45) is 0 Å². The van der Waals surface area contributed by atoms with Crippen molar-refractivity contribution in [1.82, 2.24) is 9.80 Å². The molecule has 0 aromatic heterocycles. The maximum atomic E-state index is 13.3. The van der Waals surface area contributed by atoms with E-state index in [1.807, 2.05) is 25.2 Å². The molecule has 1 fully saturated rings. The molecule has 6 heteroatoms. The summed E-state index contributed by atoms with van der Waals surface area (Å²) in [7, 11) is 1.84. The Morgan fingerprint density at radius 3 is 2.74 bits per heavy atom. The van der Waals surface area contributed by atoms with Gasteiger partial charge in [0, 0.05) is 50.9 Å². The molecule has 2 aromatic rings. The van der Waals surface area contributed by atoms with E-state index in [2.05, 4.69) is 10.2 Å². The highest BCUT2D eigenvalue weighted by atomic mass is 19.1. The summed E-state index contributed by atoms with van der Waals surface area (Å²) in [6.07, 6.45) is 0.954. The molecule has 0 unspecified atom stereocenters. The zero-order chi connectivity index (χ0) is 19.4. The van der Waals surface area contributed by atoms with Crippen LogP contribution in [-0.4, -0.2) is 47.8 Å². The molecule has 0 saturated carbocycles. The van der Waals surface area contributed by atoms with E-state index < -0.39 is 0 Å². The van der Waals surface area contributed by atoms with Crippen LogP contribution in [0.15, 0.2) is 48.5 Å². The van der Waals surface area contributed by atoms with Gasteiger partial charge in [-0.1, -0.05) is 18.2 Å². The molecule has 1 heterocycles. The van der Waals surface area contributed by atoms with Crippen LogP contribution in [0.1, 0.15) is 29.3 Å². The predicted molar refractivity (Wildman–Crippen MR) is 103 cm³/mol. The number of hydrogen-bond acceptors (Lipinski definition) is 3. The summed E-state index contributed by atoms with van der Waals surface area (Å²) >= 11 is 0. The molecule has 1 aliphatic rings. The van der Waals surface area contributed by atoms with Gasteiger partial charge in [-0.15, -0.1) is 0 Å². The van der Waals surface area contributed by atoms with Gasteiger partial charge in [-0.3, -0.25) is 14.5 Å². The number of likely N-dealkylation sites (tertiary alicyclic amines) is 1. The molecule has 27 heavy (non-hydrogen) atoms. The van der Waals surface area contributed by atoms with Crippen LogP contribution in [0.5, 0.6) is 0 Å². The Labute approximate surface area is 158 Å². The summed E-state index contributed by atoms with van der Waals surface area (Å²) in [6, 6.07) is 13.5. The third-order valence-corrected chi connectivity index (χ3v) is 4.97. The van der Waals surface area contributed by atoms with E-state index in [1.54, 1.807) is 30.0 Å². The molecule has 3 rings (SSSR count). The maximum Gasteiger partial charge on any atom is 0.255 e. The van der Waals surface area contributed by atoms with Gasteiger partial charge >= 0.3 is 0 Å². The van der Waals surface area contributed by atoms with Crippen LogP contribution in [-0.2, 0) is 11.3 Å². The van der Waals surface area contributed by atoms with E-state index in [1.165, 1.54) is 12.1 Å².